The first kappa shape index (κ1) is 52.0. The number of hydrogen-bond donors (Lipinski definition) is 5. The van der Waals surface area contributed by atoms with Gasteiger partial charge in [-0.15, -0.1) is 0 Å². The van der Waals surface area contributed by atoms with E-state index in [9.17, 15) is 9.59 Å². The lowest BCUT2D eigenvalue weighted by atomic mass is 10.0. The largest absolute Gasteiger partial charge is 0.494 e. The van der Waals surface area contributed by atoms with E-state index in [4.69, 9.17) is 41.0 Å². The standard InChI is InChI=1S/C54H63ClN18O4/c1-10-46(74)59-38-22-40(61-53-63-49(32-26-57-69(6)28-32)36-12-17-56-51(36)65-53)44(76-8)25-43(38)72-20-15-35(16-21-72)68(5)31-73-30-37(55)48-50(33-27-58-70(7)29-33)64-54(66-52(48)73)62-41-23-39(60-47(75)11-2)42(24-45(41)77-9)71-18-13-34(14-19-71)67(3)4/h10-12,17,22-30,34-35H,1-2,13-16,18-21,31H2,3-9H3,(H,59,74)(H,60,75)(H,62,64,66)(H2,56,61,63,65). The van der Waals surface area contributed by atoms with Crippen LogP contribution >= 0.6 is 11.6 Å². The molecule has 77 heavy (non-hydrogen) atoms. The second-order valence-corrected chi connectivity index (χ2v) is 20.0. The number of aryl methyl sites for hydroxylation is 2. The minimum absolute atomic E-state index is 0.170. The molecule has 2 fully saturated rings. The second kappa shape index (κ2) is 22.0. The van der Waals surface area contributed by atoms with Gasteiger partial charge in [0.15, 0.2) is 0 Å². The van der Waals surface area contributed by atoms with Gasteiger partial charge in [0.05, 0.1) is 89.2 Å². The maximum atomic E-state index is 13.0. The highest BCUT2D eigenvalue weighted by Gasteiger charge is 2.29. The molecular formula is C54H63ClN18O4. The van der Waals surface area contributed by atoms with Crippen LogP contribution < -0.4 is 40.5 Å². The van der Waals surface area contributed by atoms with E-state index in [1.807, 2.05) is 73.8 Å². The maximum Gasteiger partial charge on any atom is 0.247 e. The Hall–Kier alpha value is -8.47. The zero-order valence-corrected chi connectivity index (χ0v) is 45.0. The molecule has 6 aromatic heterocycles. The Balaban J connectivity index is 0.908. The van der Waals surface area contributed by atoms with E-state index in [0.29, 0.717) is 105 Å². The number of halogens is 1. The summed E-state index contributed by atoms with van der Waals surface area (Å²) in [4.78, 5) is 58.0. The van der Waals surface area contributed by atoms with Crippen LogP contribution in [-0.2, 0) is 30.4 Å². The third-order valence-corrected chi connectivity index (χ3v) is 14.7. The number of benzene rings is 2. The molecule has 2 aliphatic heterocycles. The lowest BCUT2D eigenvalue weighted by Crippen LogP contribution is -2.44. The van der Waals surface area contributed by atoms with Crippen LogP contribution in [-0.4, -0.2) is 144 Å². The van der Waals surface area contributed by atoms with Crippen LogP contribution in [0.2, 0.25) is 5.02 Å². The average molecular weight is 1060 g/mol. The molecule has 5 N–H and O–H groups in total. The predicted octanol–water partition coefficient (Wildman–Crippen LogP) is 8.00. The Kier molecular flexibility index (Phi) is 14.9. The molecule has 400 valence electrons. The first-order valence-electron chi connectivity index (χ1n) is 25.3. The van der Waals surface area contributed by atoms with Crippen LogP contribution in [0.25, 0.3) is 44.6 Å². The molecule has 2 aromatic carbocycles. The molecule has 0 radical (unpaired) electrons. The van der Waals surface area contributed by atoms with Gasteiger partial charge >= 0.3 is 0 Å². The van der Waals surface area contributed by atoms with E-state index in [2.05, 4.69) is 90.3 Å². The van der Waals surface area contributed by atoms with Gasteiger partial charge in [-0.1, -0.05) is 24.8 Å². The summed E-state index contributed by atoms with van der Waals surface area (Å²) in [5.74, 6) is 1.04. The summed E-state index contributed by atoms with van der Waals surface area (Å²) in [5.41, 5.74) is 8.12. The SMILES string of the molecule is C=CC(=O)Nc1cc(Nc2nc(-c3cnn(C)c3)c3c(Cl)cn(CN(C)C4CCN(c5cc(OC)c(Nc6nc(-c7cnn(C)c7)c7cc[nH]c7n6)cc5NC(=O)C=C)CC4)c3n2)c(OC)cc1N1CCC(N(C)C)CC1. The van der Waals surface area contributed by atoms with Crippen molar-refractivity contribution in [3.63, 3.8) is 0 Å². The van der Waals surface area contributed by atoms with E-state index in [1.54, 1.807) is 36.0 Å². The fraction of sp³-hybridized carbons (Fsp3) is 0.333. The number of piperidine rings is 2. The summed E-state index contributed by atoms with van der Waals surface area (Å²) in [5, 5.41) is 23.7. The molecule has 10 rings (SSSR count). The summed E-state index contributed by atoms with van der Waals surface area (Å²) in [7, 11) is 13.3. The number of carbonyl (C=O) groups excluding carboxylic acids is 2. The minimum atomic E-state index is -0.350. The van der Waals surface area contributed by atoms with Crippen LogP contribution in [0.4, 0.5) is 46.0 Å². The molecule has 0 aliphatic carbocycles. The van der Waals surface area contributed by atoms with Crippen molar-refractivity contribution < 1.29 is 19.1 Å². The number of H-pyrrole nitrogens is 1. The molecule has 22 nitrogen and oxygen atoms in total. The summed E-state index contributed by atoms with van der Waals surface area (Å²) < 4.78 is 17.5. The Morgan fingerprint density at radius 1 is 0.727 bits per heavy atom. The number of rotatable bonds is 18. The van der Waals surface area contributed by atoms with Gasteiger partial charge in [0.1, 0.15) is 22.8 Å². The zero-order valence-electron chi connectivity index (χ0n) is 44.3. The van der Waals surface area contributed by atoms with Crippen molar-refractivity contribution in [2.75, 3.05) is 92.6 Å². The highest BCUT2D eigenvalue weighted by molar-refractivity contribution is 6.36. The van der Waals surface area contributed by atoms with Crippen LogP contribution in [0.15, 0.2) is 92.8 Å². The number of aromatic amines is 1. The first-order valence-corrected chi connectivity index (χ1v) is 25.7. The van der Waals surface area contributed by atoms with Crippen LogP contribution in [0.5, 0.6) is 11.5 Å². The molecule has 0 bridgehead atoms. The van der Waals surface area contributed by atoms with Crippen molar-refractivity contribution >= 4 is 91.5 Å². The van der Waals surface area contributed by atoms with E-state index in [1.165, 1.54) is 12.2 Å². The third-order valence-electron chi connectivity index (χ3n) is 14.4. The Morgan fingerprint density at radius 3 is 1.75 bits per heavy atom. The normalized spacial score (nSPS) is 14.4. The first-order chi connectivity index (χ1) is 37.2. The van der Waals surface area contributed by atoms with Crippen molar-refractivity contribution in [2.24, 2.45) is 14.1 Å². The lowest BCUT2D eigenvalue weighted by Gasteiger charge is -2.38. The molecule has 8 aromatic rings. The van der Waals surface area contributed by atoms with Crippen molar-refractivity contribution in [2.45, 2.75) is 44.4 Å². The van der Waals surface area contributed by atoms with Gasteiger partial charge < -0.3 is 55.0 Å². The van der Waals surface area contributed by atoms with E-state index in [-0.39, 0.29) is 17.9 Å². The molecule has 2 aliphatic rings. The lowest BCUT2D eigenvalue weighted by molar-refractivity contribution is -0.112. The van der Waals surface area contributed by atoms with Gasteiger partial charge in [0.2, 0.25) is 23.7 Å². The van der Waals surface area contributed by atoms with Crippen molar-refractivity contribution in [1.82, 2.24) is 58.8 Å². The van der Waals surface area contributed by atoms with Crippen LogP contribution in [0.3, 0.4) is 0 Å². The molecule has 0 saturated carbocycles. The highest BCUT2D eigenvalue weighted by Crippen LogP contribution is 2.43. The summed E-state index contributed by atoms with van der Waals surface area (Å²) >= 11 is 7.14. The number of ether oxygens (including phenoxy) is 2. The summed E-state index contributed by atoms with van der Waals surface area (Å²) in [6.45, 7) is 10.9. The average Bonchev–Trinajstić information content (AvgIpc) is 4.31. The third kappa shape index (κ3) is 10.8. The molecule has 2 saturated heterocycles. The van der Waals surface area contributed by atoms with E-state index < -0.39 is 0 Å². The summed E-state index contributed by atoms with van der Waals surface area (Å²) in [6, 6.07) is 10.1. The van der Waals surface area contributed by atoms with Crippen molar-refractivity contribution in [1.29, 1.82) is 0 Å². The molecule has 0 spiro atoms. The van der Waals surface area contributed by atoms with Gasteiger partial charge in [0, 0.05) is 106 Å². The molecular weight excluding hydrogens is 1000 g/mol. The van der Waals surface area contributed by atoms with Crippen LogP contribution in [0.1, 0.15) is 25.7 Å². The number of anilines is 8. The van der Waals surface area contributed by atoms with Gasteiger partial charge in [-0.05, 0) is 77.2 Å². The Morgan fingerprint density at radius 2 is 1.25 bits per heavy atom. The number of hydrogen-bond acceptors (Lipinski definition) is 16. The van der Waals surface area contributed by atoms with E-state index in [0.717, 1.165) is 66.7 Å². The highest BCUT2D eigenvalue weighted by atomic mass is 35.5. The van der Waals surface area contributed by atoms with Gasteiger partial charge in [-0.2, -0.15) is 20.2 Å². The number of amides is 2. The van der Waals surface area contributed by atoms with Crippen molar-refractivity contribution in [3.8, 4) is 34.0 Å². The van der Waals surface area contributed by atoms with Gasteiger partial charge in [0.25, 0.3) is 0 Å². The zero-order chi connectivity index (χ0) is 54.1. The summed E-state index contributed by atoms with van der Waals surface area (Å²) in [6.07, 6.45) is 17.1. The number of aromatic nitrogens is 10. The predicted molar refractivity (Wildman–Crippen MR) is 303 cm³/mol. The van der Waals surface area contributed by atoms with Gasteiger partial charge in [-0.3, -0.25) is 23.9 Å². The molecule has 0 atom stereocenters. The quantitative estimate of drug-likeness (QED) is 0.0514. The van der Waals surface area contributed by atoms with Crippen LogP contribution in [0, 0.1) is 0 Å². The number of nitrogens with one attached hydrogen (secondary N) is 5. The molecule has 0 unspecified atom stereocenters. The number of methoxy groups -OCH3 is 2. The second-order valence-electron chi connectivity index (χ2n) is 19.6. The topological polar surface area (TPSA) is 222 Å². The number of nitrogens with zero attached hydrogens (tertiary/aromatic N) is 13. The minimum Gasteiger partial charge on any atom is -0.494 e. The molecule has 8 heterocycles. The maximum absolute atomic E-state index is 13.0. The van der Waals surface area contributed by atoms with Gasteiger partial charge in [-0.25, -0.2) is 9.97 Å². The number of fused-ring (bicyclic) bond motifs is 2. The van der Waals surface area contributed by atoms with E-state index >= 15 is 0 Å². The Bertz CT molecular complexity index is 3510. The molecule has 2 amide bonds. The fourth-order valence-electron chi connectivity index (χ4n) is 10.3. The Labute approximate surface area is 450 Å². The smallest absolute Gasteiger partial charge is 0.247 e. The van der Waals surface area contributed by atoms with Crippen molar-refractivity contribution in [3.05, 3.63) is 97.8 Å². The monoisotopic (exact) mass is 1060 g/mol. The number of carbonyl (C=O) groups is 2. The fourth-order valence-corrected chi connectivity index (χ4v) is 10.6. The molecule has 23 heteroatoms.